The van der Waals surface area contributed by atoms with E-state index in [1.807, 2.05) is 18.2 Å². The van der Waals surface area contributed by atoms with Gasteiger partial charge in [-0.15, -0.1) is 6.58 Å². The Bertz CT molecular complexity index is 400. The van der Waals surface area contributed by atoms with Gasteiger partial charge in [0.2, 0.25) is 0 Å². The Labute approximate surface area is 103 Å². The number of benzene rings is 1. The Morgan fingerprint density at radius 2 is 2.29 bits per heavy atom. The summed E-state index contributed by atoms with van der Waals surface area (Å²) < 4.78 is 5.64. The highest BCUT2D eigenvalue weighted by atomic mass is 16.5. The van der Waals surface area contributed by atoms with Gasteiger partial charge in [-0.2, -0.15) is 0 Å². The summed E-state index contributed by atoms with van der Waals surface area (Å²) in [4.78, 5) is 0. The van der Waals surface area contributed by atoms with Crippen LogP contribution in [0.3, 0.4) is 0 Å². The molecule has 1 heterocycles. The Balaban J connectivity index is 2.16. The van der Waals surface area contributed by atoms with E-state index in [2.05, 4.69) is 25.6 Å². The van der Waals surface area contributed by atoms with Gasteiger partial charge in [-0.1, -0.05) is 30.3 Å². The van der Waals surface area contributed by atoms with Gasteiger partial charge in [0.25, 0.3) is 0 Å². The molecule has 17 heavy (non-hydrogen) atoms. The summed E-state index contributed by atoms with van der Waals surface area (Å²) in [7, 11) is 0. The predicted molar refractivity (Wildman–Crippen MR) is 69.0 cm³/mol. The molecule has 1 fully saturated rings. The molecule has 1 N–H and O–H groups in total. The molecule has 1 aromatic carbocycles. The molecule has 2 heteroatoms. The van der Waals surface area contributed by atoms with Gasteiger partial charge in [-0.25, -0.2) is 0 Å². The molecule has 1 aliphatic heterocycles. The summed E-state index contributed by atoms with van der Waals surface area (Å²) in [5, 5.41) is 9.67. The molecular weight excluding hydrogens is 212 g/mol. The first-order valence-electron chi connectivity index (χ1n) is 6.09. The van der Waals surface area contributed by atoms with Crippen LogP contribution in [-0.4, -0.2) is 24.4 Å². The maximum atomic E-state index is 9.67. The van der Waals surface area contributed by atoms with E-state index in [4.69, 9.17) is 4.74 Å². The summed E-state index contributed by atoms with van der Waals surface area (Å²) in [5.74, 6) is 0. The molecule has 2 rings (SSSR count). The predicted octanol–water partition coefficient (Wildman–Crippen LogP) is 2.49. The number of rotatable bonds is 4. The van der Waals surface area contributed by atoms with Crippen LogP contribution < -0.4 is 0 Å². The maximum Gasteiger partial charge on any atom is 0.0760 e. The topological polar surface area (TPSA) is 29.5 Å². The second kappa shape index (κ2) is 5.03. The van der Waals surface area contributed by atoms with E-state index < -0.39 is 0 Å². The number of aliphatic hydroxyl groups is 1. The second-order valence-electron chi connectivity index (χ2n) is 5.05. The molecular formula is C15H20O2. The summed E-state index contributed by atoms with van der Waals surface area (Å²) in [6.07, 6.45) is 3.66. The Hall–Kier alpha value is -1.12. The minimum Gasteiger partial charge on any atom is -0.396 e. The normalized spacial score (nSPS) is 28.2. The molecule has 0 bridgehead atoms. The highest BCUT2D eigenvalue weighted by Crippen LogP contribution is 2.36. The lowest BCUT2D eigenvalue weighted by atomic mass is 9.79. The van der Waals surface area contributed by atoms with Crippen molar-refractivity contribution in [2.45, 2.75) is 25.9 Å². The SMILES string of the molecule is C=C[C@@H]1C[C@](CO)(Cc2ccccc2C)CO1. The largest absolute Gasteiger partial charge is 0.396 e. The fourth-order valence-corrected chi connectivity index (χ4v) is 2.48. The van der Waals surface area contributed by atoms with Gasteiger partial charge >= 0.3 is 0 Å². The zero-order valence-electron chi connectivity index (χ0n) is 10.4. The van der Waals surface area contributed by atoms with Crippen LogP contribution in [0.5, 0.6) is 0 Å². The molecule has 0 aliphatic carbocycles. The molecule has 1 saturated heterocycles. The van der Waals surface area contributed by atoms with Crippen LogP contribution in [0.2, 0.25) is 0 Å². The quantitative estimate of drug-likeness (QED) is 0.808. The molecule has 92 valence electrons. The molecule has 0 spiro atoms. The number of aryl methyl sites for hydroxylation is 1. The lowest BCUT2D eigenvalue weighted by Crippen LogP contribution is -2.29. The van der Waals surface area contributed by atoms with Crippen molar-refractivity contribution in [1.82, 2.24) is 0 Å². The smallest absolute Gasteiger partial charge is 0.0760 e. The van der Waals surface area contributed by atoms with Crippen LogP contribution in [0.1, 0.15) is 17.5 Å². The van der Waals surface area contributed by atoms with Gasteiger partial charge in [0.1, 0.15) is 0 Å². The van der Waals surface area contributed by atoms with Crippen molar-refractivity contribution >= 4 is 0 Å². The Morgan fingerprint density at radius 3 is 2.88 bits per heavy atom. The monoisotopic (exact) mass is 232 g/mol. The van der Waals surface area contributed by atoms with Crippen LogP contribution in [0.15, 0.2) is 36.9 Å². The van der Waals surface area contributed by atoms with Crippen molar-refractivity contribution in [3.63, 3.8) is 0 Å². The van der Waals surface area contributed by atoms with Crippen molar-refractivity contribution in [2.24, 2.45) is 5.41 Å². The van der Waals surface area contributed by atoms with Gasteiger partial charge in [-0.05, 0) is 30.9 Å². The van der Waals surface area contributed by atoms with Gasteiger partial charge < -0.3 is 9.84 Å². The molecule has 0 amide bonds. The van der Waals surface area contributed by atoms with Crippen LogP contribution in [0.4, 0.5) is 0 Å². The van der Waals surface area contributed by atoms with Crippen LogP contribution in [-0.2, 0) is 11.2 Å². The summed E-state index contributed by atoms with van der Waals surface area (Å²) in [6.45, 7) is 6.66. The Morgan fingerprint density at radius 1 is 1.53 bits per heavy atom. The molecule has 1 aliphatic rings. The van der Waals surface area contributed by atoms with Crippen LogP contribution in [0.25, 0.3) is 0 Å². The van der Waals surface area contributed by atoms with E-state index in [9.17, 15) is 5.11 Å². The van der Waals surface area contributed by atoms with Gasteiger partial charge in [0.15, 0.2) is 0 Å². The number of aliphatic hydroxyl groups excluding tert-OH is 1. The fourth-order valence-electron chi connectivity index (χ4n) is 2.48. The molecule has 0 unspecified atom stereocenters. The van der Waals surface area contributed by atoms with Gasteiger partial charge in [0, 0.05) is 5.41 Å². The molecule has 0 radical (unpaired) electrons. The third kappa shape index (κ3) is 2.59. The fraction of sp³-hybridized carbons (Fsp3) is 0.467. The first-order valence-corrected chi connectivity index (χ1v) is 6.09. The minimum absolute atomic E-state index is 0.0890. The summed E-state index contributed by atoms with van der Waals surface area (Å²) in [5.41, 5.74) is 2.45. The van der Waals surface area contributed by atoms with Crippen LogP contribution in [0, 0.1) is 12.3 Å². The highest BCUT2D eigenvalue weighted by Gasteiger charge is 2.38. The first-order chi connectivity index (χ1) is 8.19. The zero-order chi connectivity index (χ0) is 12.3. The third-order valence-electron chi connectivity index (χ3n) is 3.66. The molecule has 0 saturated carbocycles. The molecule has 2 atom stereocenters. The van der Waals surface area contributed by atoms with E-state index in [1.54, 1.807) is 0 Å². The van der Waals surface area contributed by atoms with E-state index in [-0.39, 0.29) is 18.1 Å². The number of hydrogen-bond donors (Lipinski definition) is 1. The van der Waals surface area contributed by atoms with Gasteiger partial charge in [0.05, 0.1) is 19.3 Å². The lowest BCUT2D eigenvalue weighted by molar-refractivity contribution is 0.0834. The van der Waals surface area contributed by atoms with E-state index >= 15 is 0 Å². The minimum atomic E-state index is -0.134. The van der Waals surface area contributed by atoms with Crippen molar-refractivity contribution in [1.29, 1.82) is 0 Å². The molecule has 0 aromatic heterocycles. The Kier molecular flexibility index (Phi) is 3.65. The van der Waals surface area contributed by atoms with Crippen molar-refractivity contribution in [3.8, 4) is 0 Å². The average Bonchev–Trinajstić information content (AvgIpc) is 2.76. The van der Waals surface area contributed by atoms with E-state index in [0.717, 1.165) is 12.8 Å². The van der Waals surface area contributed by atoms with Crippen molar-refractivity contribution in [3.05, 3.63) is 48.0 Å². The van der Waals surface area contributed by atoms with Gasteiger partial charge in [-0.3, -0.25) is 0 Å². The highest BCUT2D eigenvalue weighted by molar-refractivity contribution is 5.27. The van der Waals surface area contributed by atoms with E-state index in [1.165, 1.54) is 11.1 Å². The first kappa shape index (κ1) is 12.3. The maximum absolute atomic E-state index is 9.67. The molecule has 1 aromatic rings. The second-order valence-corrected chi connectivity index (χ2v) is 5.05. The summed E-state index contributed by atoms with van der Waals surface area (Å²) >= 11 is 0. The summed E-state index contributed by atoms with van der Waals surface area (Å²) in [6, 6.07) is 8.34. The van der Waals surface area contributed by atoms with E-state index in [0.29, 0.717) is 6.61 Å². The average molecular weight is 232 g/mol. The van der Waals surface area contributed by atoms with Crippen LogP contribution >= 0.6 is 0 Å². The van der Waals surface area contributed by atoms with Crippen molar-refractivity contribution in [2.75, 3.05) is 13.2 Å². The lowest BCUT2D eigenvalue weighted by Gasteiger charge is -2.25. The number of ether oxygens (including phenoxy) is 1. The van der Waals surface area contributed by atoms with Crippen molar-refractivity contribution < 1.29 is 9.84 Å². The molecule has 2 nitrogen and oxygen atoms in total. The number of hydrogen-bond acceptors (Lipinski definition) is 2. The zero-order valence-corrected chi connectivity index (χ0v) is 10.4. The third-order valence-corrected chi connectivity index (χ3v) is 3.66. The standard InChI is InChI=1S/C15H20O2/c1-3-14-9-15(10-16,11-17-14)8-13-7-5-4-6-12(13)2/h3-7,14,16H,1,8-11H2,2H3/t14-,15+/m1/s1.